The van der Waals surface area contributed by atoms with Crippen LogP contribution in [0.2, 0.25) is 0 Å². The molecule has 0 atom stereocenters. The van der Waals surface area contributed by atoms with E-state index in [-0.39, 0.29) is 12.4 Å². The van der Waals surface area contributed by atoms with Crippen LogP contribution in [0.1, 0.15) is 42.3 Å². The number of rotatable bonds is 8. The molecule has 3 aromatic rings. The van der Waals surface area contributed by atoms with Crippen LogP contribution in [0, 0.1) is 0 Å². The molecule has 3 rings (SSSR count). The topological polar surface area (TPSA) is 47.9 Å². The van der Waals surface area contributed by atoms with Gasteiger partial charge >= 0.3 is 6.18 Å². The summed E-state index contributed by atoms with van der Waals surface area (Å²) in [6.07, 6.45) is 3.24. The molecular weight excluding hydrogens is 387 g/mol. The Bertz CT molecular complexity index is 897. The second-order valence-corrected chi connectivity index (χ2v) is 7.26. The van der Waals surface area contributed by atoms with E-state index in [0.29, 0.717) is 17.7 Å². The number of alkyl halides is 3. The van der Waals surface area contributed by atoms with Crippen LogP contribution >= 0.6 is 11.3 Å². The fourth-order valence-electron chi connectivity index (χ4n) is 2.70. The van der Waals surface area contributed by atoms with Gasteiger partial charge in [-0.25, -0.2) is 15.0 Å². The van der Waals surface area contributed by atoms with Crippen LogP contribution in [-0.4, -0.2) is 21.6 Å². The Labute approximate surface area is 165 Å². The molecule has 0 aliphatic heterocycles. The van der Waals surface area contributed by atoms with Crippen molar-refractivity contribution in [3.05, 3.63) is 58.4 Å². The molecule has 0 spiro atoms. The molecule has 0 aliphatic carbocycles. The highest BCUT2D eigenvalue weighted by atomic mass is 32.1. The standard InChI is InChI=1S/C20H20F3N3OS/c1-2-3-4-7-27-18-6-5-14(8-16(18)20(21,22)23)9-19-26-17(12-28-19)15-10-24-13-25-11-15/h5-6,8,10-13H,2-4,7,9H2,1H3. The van der Waals surface area contributed by atoms with E-state index in [1.807, 2.05) is 12.3 Å². The molecular formula is C20H20F3N3OS. The van der Waals surface area contributed by atoms with Gasteiger partial charge in [-0.2, -0.15) is 13.2 Å². The lowest BCUT2D eigenvalue weighted by Gasteiger charge is -2.15. The summed E-state index contributed by atoms with van der Waals surface area (Å²) in [5, 5.41) is 2.58. The summed E-state index contributed by atoms with van der Waals surface area (Å²) in [6, 6.07) is 4.22. The molecule has 2 aromatic heterocycles. The number of unbranched alkanes of at least 4 members (excludes halogenated alkanes) is 2. The summed E-state index contributed by atoms with van der Waals surface area (Å²) in [5.41, 5.74) is 1.29. The fourth-order valence-corrected chi connectivity index (χ4v) is 3.54. The molecule has 0 amide bonds. The zero-order valence-corrected chi connectivity index (χ0v) is 16.2. The third kappa shape index (κ3) is 5.28. The smallest absolute Gasteiger partial charge is 0.419 e. The predicted molar refractivity (Wildman–Crippen MR) is 102 cm³/mol. The van der Waals surface area contributed by atoms with Crippen molar-refractivity contribution in [1.82, 2.24) is 15.0 Å². The molecule has 1 aromatic carbocycles. The first-order valence-electron chi connectivity index (χ1n) is 9.00. The maximum atomic E-state index is 13.5. The van der Waals surface area contributed by atoms with Gasteiger partial charge in [0.2, 0.25) is 0 Å². The van der Waals surface area contributed by atoms with E-state index in [9.17, 15) is 13.2 Å². The highest BCUT2D eigenvalue weighted by Crippen LogP contribution is 2.37. The van der Waals surface area contributed by atoms with E-state index < -0.39 is 11.7 Å². The Morgan fingerprint density at radius 2 is 1.89 bits per heavy atom. The number of aromatic nitrogens is 3. The van der Waals surface area contributed by atoms with Crippen molar-refractivity contribution in [3.63, 3.8) is 0 Å². The molecule has 0 N–H and O–H groups in total. The molecule has 0 unspecified atom stereocenters. The molecule has 8 heteroatoms. The van der Waals surface area contributed by atoms with Gasteiger partial charge in [-0.3, -0.25) is 0 Å². The van der Waals surface area contributed by atoms with Crippen LogP contribution in [0.5, 0.6) is 5.75 Å². The van der Waals surface area contributed by atoms with E-state index in [1.165, 1.54) is 23.7 Å². The number of hydrogen-bond donors (Lipinski definition) is 0. The lowest BCUT2D eigenvalue weighted by atomic mass is 10.1. The predicted octanol–water partition coefficient (Wildman–Crippen LogP) is 5.78. The largest absolute Gasteiger partial charge is 0.493 e. The first-order valence-corrected chi connectivity index (χ1v) is 9.88. The van der Waals surface area contributed by atoms with E-state index in [1.54, 1.807) is 18.5 Å². The van der Waals surface area contributed by atoms with Gasteiger partial charge in [0.25, 0.3) is 0 Å². The molecule has 28 heavy (non-hydrogen) atoms. The van der Waals surface area contributed by atoms with Crippen molar-refractivity contribution in [3.8, 4) is 17.0 Å². The number of ether oxygens (including phenoxy) is 1. The van der Waals surface area contributed by atoms with Crippen LogP contribution in [-0.2, 0) is 12.6 Å². The third-order valence-electron chi connectivity index (χ3n) is 4.12. The summed E-state index contributed by atoms with van der Waals surface area (Å²) in [7, 11) is 0. The second kappa shape index (κ2) is 9.14. The number of hydrogen-bond acceptors (Lipinski definition) is 5. The third-order valence-corrected chi connectivity index (χ3v) is 4.97. The summed E-state index contributed by atoms with van der Waals surface area (Å²) in [4.78, 5) is 12.4. The summed E-state index contributed by atoms with van der Waals surface area (Å²) < 4.78 is 45.8. The van der Waals surface area contributed by atoms with E-state index in [0.717, 1.165) is 35.9 Å². The Kier molecular flexibility index (Phi) is 6.61. The van der Waals surface area contributed by atoms with Crippen LogP contribution in [0.15, 0.2) is 42.3 Å². The van der Waals surface area contributed by atoms with E-state index in [4.69, 9.17) is 4.74 Å². The fraction of sp³-hybridized carbons (Fsp3) is 0.350. The van der Waals surface area contributed by atoms with Crippen LogP contribution < -0.4 is 4.74 Å². The quantitative estimate of drug-likeness (QED) is 0.444. The SMILES string of the molecule is CCCCCOc1ccc(Cc2nc(-c3cncnc3)cs2)cc1C(F)(F)F. The van der Waals surface area contributed by atoms with Gasteiger partial charge in [-0.05, 0) is 24.1 Å². The van der Waals surface area contributed by atoms with Gasteiger partial charge in [0.1, 0.15) is 12.1 Å². The van der Waals surface area contributed by atoms with Crippen LogP contribution in [0.3, 0.4) is 0 Å². The molecule has 0 fully saturated rings. The second-order valence-electron chi connectivity index (χ2n) is 6.31. The monoisotopic (exact) mass is 407 g/mol. The van der Waals surface area contributed by atoms with Gasteiger partial charge in [0.05, 0.1) is 22.9 Å². The lowest BCUT2D eigenvalue weighted by Crippen LogP contribution is -2.10. The Morgan fingerprint density at radius 3 is 2.61 bits per heavy atom. The van der Waals surface area contributed by atoms with Crippen molar-refractivity contribution < 1.29 is 17.9 Å². The average molecular weight is 407 g/mol. The molecule has 0 radical (unpaired) electrons. The van der Waals surface area contributed by atoms with Crippen molar-refractivity contribution >= 4 is 11.3 Å². The number of nitrogens with zero attached hydrogens (tertiary/aromatic N) is 3. The molecule has 0 saturated carbocycles. The van der Waals surface area contributed by atoms with E-state index >= 15 is 0 Å². The van der Waals surface area contributed by atoms with Crippen LogP contribution in [0.25, 0.3) is 11.3 Å². The molecule has 2 heterocycles. The van der Waals surface area contributed by atoms with Crippen molar-refractivity contribution in [1.29, 1.82) is 0 Å². The van der Waals surface area contributed by atoms with Gasteiger partial charge in [-0.15, -0.1) is 11.3 Å². The molecule has 4 nitrogen and oxygen atoms in total. The maximum absolute atomic E-state index is 13.5. The Morgan fingerprint density at radius 1 is 1.11 bits per heavy atom. The van der Waals surface area contributed by atoms with Crippen molar-refractivity contribution in [2.75, 3.05) is 6.61 Å². The highest BCUT2D eigenvalue weighted by Gasteiger charge is 2.34. The van der Waals surface area contributed by atoms with Gasteiger partial charge in [0, 0.05) is 29.8 Å². The number of halogens is 3. The van der Waals surface area contributed by atoms with E-state index in [2.05, 4.69) is 15.0 Å². The summed E-state index contributed by atoms with van der Waals surface area (Å²) in [6.45, 7) is 2.32. The minimum absolute atomic E-state index is 0.117. The minimum Gasteiger partial charge on any atom is -0.493 e. The number of thiazole rings is 1. The highest BCUT2D eigenvalue weighted by molar-refractivity contribution is 7.10. The molecule has 0 saturated heterocycles. The van der Waals surface area contributed by atoms with Gasteiger partial charge < -0.3 is 4.74 Å². The molecule has 148 valence electrons. The first kappa shape index (κ1) is 20.3. The number of benzene rings is 1. The van der Waals surface area contributed by atoms with Crippen molar-refractivity contribution in [2.45, 2.75) is 38.8 Å². The molecule has 0 aliphatic rings. The minimum atomic E-state index is -4.47. The first-order chi connectivity index (χ1) is 13.5. The molecule has 0 bridgehead atoms. The summed E-state index contributed by atoms with van der Waals surface area (Å²) in [5.74, 6) is -0.117. The Hall–Kier alpha value is -2.48. The summed E-state index contributed by atoms with van der Waals surface area (Å²) >= 11 is 1.40. The average Bonchev–Trinajstić information content (AvgIpc) is 3.14. The van der Waals surface area contributed by atoms with Gasteiger partial charge in [0.15, 0.2) is 0 Å². The van der Waals surface area contributed by atoms with Gasteiger partial charge in [-0.1, -0.05) is 25.8 Å². The zero-order valence-electron chi connectivity index (χ0n) is 15.4. The Balaban J connectivity index is 1.76. The lowest BCUT2D eigenvalue weighted by molar-refractivity contribution is -0.139. The van der Waals surface area contributed by atoms with Crippen molar-refractivity contribution in [2.24, 2.45) is 0 Å². The van der Waals surface area contributed by atoms with Crippen LogP contribution in [0.4, 0.5) is 13.2 Å². The zero-order chi connectivity index (χ0) is 20.0. The normalized spacial score (nSPS) is 11.6. The maximum Gasteiger partial charge on any atom is 0.419 e.